The summed E-state index contributed by atoms with van der Waals surface area (Å²) in [5, 5.41) is 0. The molecule has 0 radical (unpaired) electrons. The fourth-order valence-electron chi connectivity index (χ4n) is 1.71. The molecule has 0 saturated carbocycles. The van der Waals surface area contributed by atoms with Gasteiger partial charge in [-0.15, -0.1) is 0 Å². The van der Waals surface area contributed by atoms with E-state index < -0.39 is 12.6 Å². The van der Waals surface area contributed by atoms with E-state index in [0.717, 1.165) is 22.1 Å². The predicted molar refractivity (Wildman–Crippen MR) is 75.4 cm³/mol. The fraction of sp³-hybridized carbons (Fsp3) is 0.538. The third-order valence-electron chi connectivity index (χ3n) is 2.75. The van der Waals surface area contributed by atoms with Crippen LogP contribution in [-0.4, -0.2) is 25.8 Å². The highest BCUT2D eigenvalue weighted by Gasteiger charge is 2.27. The Labute approximate surface area is 119 Å². The van der Waals surface area contributed by atoms with Crippen LogP contribution in [0.5, 0.6) is 0 Å². The highest BCUT2D eigenvalue weighted by molar-refractivity contribution is 9.10. The van der Waals surface area contributed by atoms with Crippen molar-refractivity contribution in [3.05, 3.63) is 28.2 Å². The molecular formula is C13H18BrF3N2. The lowest BCUT2D eigenvalue weighted by atomic mass is 10.1. The van der Waals surface area contributed by atoms with Gasteiger partial charge in [-0.2, -0.15) is 13.2 Å². The monoisotopic (exact) mass is 338 g/mol. The zero-order chi connectivity index (χ0) is 14.6. The van der Waals surface area contributed by atoms with Gasteiger partial charge in [0, 0.05) is 29.8 Å². The summed E-state index contributed by atoms with van der Waals surface area (Å²) in [7, 11) is 1.65. The molecule has 1 unspecified atom stereocenters. The van der Waals surface area contributed by atoms with Crippen molar-refractivity contribution in [3.8, 4) is 0 Å². The molecule has 0 amide bonds. The van der Waals surface area contributed by atoms with Crippen molar-refractivity contribution in [2.45, 2.75) is 32.0 Å². The Hall–Kier alpha value is -0.750. The number of hydrogen-bond acceptors (Lipinski definition) is 2. The highest BCUT2D eigenvalue weighted by Crippen LogP contribution is 2.26. The summed E-state index contributed by atoms with van der Waals surface area (Å²) in [4.78, 5) is 1.59. The summed E-state index contributed by atoms with van der Waals surface area (Å²) in [6.07, 6.45) is -4.21. The molecule has 0 aliphatic heterocycles. The molecule has 0 heterocycles. The number of nitrogens with zero attached hydrogens (tertiary/aromatic N) is 1. The first kappa shape index (κ1) is 16.3. The van der Waals surface area contributed by atoms with Gasteiger partial charge in [-0.05, 0) is 31.0 Å². The molecule has 2 nitrogen and oxygen atoms in total. The van der Waals surface area contributed by atoms with E-state index in [9.17, 15) is 13.2 Å². The summed E-state index contributed by atoms with van der Waals surface area (Å²) in [5.74, 6) is 0. The Bertz CT molecular complexity index is 419. The number of halogens is 4. The molecule has 0 fully saturated rings. The van der Waals surface area contributed by atoms with Crippen LogP contribution in [0, 0.1) is 0 Å². The number of anilines is 1. The van der Waals surface area contributed by atoms with Gasteiger partial charge in [0.2, 0.25) is 0 Å². The quantitative estimate of drug-likeness (QED) is 0.886. The van der Waals surface area contributed by atoms with Crippen molar-refractivity contribution >= 4 is 21.6 Å². The van der Waals surface area contributed by atoms with Crippen LogP contribution in [-0.2, 0) is 6.42 Å². The zero-order valence-electron chi connectivity index (χ0n) is 11.0. The molecule has 19 heavy (non-hydrogen) atoms. The molecule has 1 aromatic carbocycles. The van der Waals surface area contributed by atoms with Gasteiger partial charge in [0.05, 0.1) is 6.42 Å². The van der Waals surface area contributed by atoms with Gasteiger partial charge in [-0.3, -0.25) is 0 Å². The van der Waals surface area contributed by atoms with Gasteiger partial charge < -0.3 is 10.6 Å². The van der Waals surface area contributed by atoms with Crippen molar-refractivity contribution in [2.24, 2.45) is 5.73 Å². The first-order valence-corrected chi connectivity index (χ1v) is 6.80. The van der Waals surface area contributed by atoms with Crippen LogP contribution in [0.4, 0.5) is 18.9 Å². The number of nitrogens with two attached hydrogens (primary N) is 1. The summed E-state index contributed by atoms with van der Waals surface area (Å²) in [6.45, 7) is 1.86. The van der Waals surface area contributed by atoms with Gasteiger partial charge in [-0.1, -0.05) is 22.0 Å². The number of hydrogen-bond donors (Lipinski definition) is 1. The Morgan fingerprint density at radius 2 is 2.00 bits per heavy atom. The molecule has 0 aromatic heterocycles. The Kier molecular flexibility index (Phi) is 5.67. The van der Waals surface area contributed by atoms with Crippen LogP contribution in [0.2, 0.25) is 0 Å². The molecule has 2 N–H and O–H groups in total. The first-order valence-electron chi connectivity index (χ1n) is 6.01. The van der Waals surface area contributed by atoms with Gasteiger partial charge in [0.1, 0.15) is 0 Å². The van der Waals surface area contributed by atoms with E-state index in [1.165, 1.54) is 0 Å². The van der Waals surface area contributed by atoms with Crippen molar-refractivity contribution in [1.82, 2.24) is 0 Å². The maximum Gasteiger partial charge on any atom is 0.390 e. The van der Waals surface area contributed by atoms with Crippen molar-refractivity contribution in [1.29, 1.82) is 0 Å². The molecule has 0 aliphatic rings. The maximum absolute atomic E-state index is 12.2. The third kappa shape index (κ3) is 5.82. The average molecular weight is 339 g/mol. The van der Waals surface area contributed by atoms with Gasteiger partial charge >= 0.3 is 6.18 Å². The van der Waals surface area contributed by atoms with E-state index in [0.29, 0.717) is 0 Å². The largest absolute Gasteiger partial charge is 0.390 e. The molecular weight excluding hydrogens is 321 g/mol. The second kappa shape index (κ2) is 6.61. The summed E-state index contributed by atoms with van der Waals surface area (Å²) < 4.78 is 37.4. The minimum Gasteiger partial charge on any atom is -0.374 e. The summed E-state index contributed by atoms with van der Waals surface area (Å²) in [5.41, 5.74) is 7.54. The molecule has 0 bridgehead atoms. The molecule has 1 aromatic rings. The standard InChI is InChI=1S/C13H18BrF3N2/c1-9(18)7-10-3-4-11(8-12(10)14)19(2)6-5-13(15,16)17/h3-4,8-9H,5-7,18H2,1-2H3. The van der Waals surface area contributed by atoms with E-state index in [1.54, 1.807) is 11.9 Å². The lowest BCUT2D eigenvalue weighted by Gasteiger charge is -2.21. The maximum atomic E-state index is 12.2. The van der Waals surface area contributed by atoms with Crippen LogP contribution in [0.25, 0.3) is 0 Å². The van der Waals surface area contributed by atoms with Crippen LogP contribution >= 0.6 is 15.9 Å². The van der Waals surface area contributed by atoms with E-state index in [2.05, 4.69) is 15.9 Å². The van der Waals surface area contributed by atoms with Gasteiger partial charge in [0.15, 0.2) is 0 Å². The molecule has 6 heteroatoms. The summed E-state index contributed by atoms with van der Waals surface area (Å²) >= 11 is 3.43. The smallest absolute Gasteiger partial charge is 0.374 e. The minimum absolute atomic E-state index is 0.0464. The molecule has 0 spiro atoms. The lowest BCUT2D eigenvalue weighted by Crippen LogP contribution is -2.24. The van der Waals surface area contributed by atoms with E-state index in [4.69, 9.17) is 5.73 Å². The SMILES string of the molecule is CC(N)Cc1ccc(N(C)CCC(F)(F)F)cc1Br. The second-order valence-corrected chi connectivity index (χ2v) is 5.60. The van der Waals surface area contributed by atoms with Gasteiger partial charge in [0.25, 0.3) is 0 Å². The number of alkyl halides is 3. The molecule has 0 saturated heterocycles. The molecule has 1 rings (SSSR count). The molecule has 1 atom stereocenters. The zero-order valence-corrected chi connectivity index (χ0v) is 12.6. The van der Waals surface area contributed by atoms with Crippen molar-refractivity contribution < 1.29 is 13.2 Å². The normalized spacial score (nSPS) is 13.4. The Morgan fingerprint density at radius 3 is 2.47 bits per heavy atom. The van der Waals surface area contributed by atoms with Crippen LogP contribution in [0.3, 0.4) is 0 Å². The second-order valence-electron chi connectivity index (χ2n) is 4.74. The van der Waals surface area contributed by atoms with Crippen LogP contribution < -0.4 is 10.6 Å². The molecule has 0 aliphatic carbocycles. The Balaban J connectivity index is 2.71. The first-order chi connectivity index (χ1) is 8.69. The highest BCUT2D eigenvalue weighted by atomic mass is 79.9. The van der Waals surface area contributed by atoms with Crippen molar-refractivity contribution in [2.75, 3.05) is 18.5 Å². The average Bonchev–Trinajstić information content (AvgIpc) is 2.27. The molecule has 108 valence electrons. The van der Waals surface area contributed by atoms with Crippen LogP contribution in [0.1, 0.15) is 18.9 Å². The van der Waals surface area contributed by atoms with Crippen LogP contribution in [0.15, 0.2) is 22.7 Å². The van der Waals surface area contributed by atoms with E-state index in [-0.39, 0.29) is 12.6 Å². The number of rotatable bonds is 5. The Morgan fingerprint density at radius 1 is 1.37 bits per heavy atom. The number of benzene rings is 1. The third-order valence-corrected chi connectivity index (χ3v) is 3.49. The fourth-order valence-corrected chi connectivity index (χ4v) is 2.24. The lowest BCUT2D eigenvalue weighted by molar-refractivity contribution is -0.132. The predicted octanol–water partition coefficient (Wildman–Crippen LogP) is 3.73. The van der Waals surface area contributed by atoms with Gasteiger partial charge in [-0.25, -0.2) is 0 Å². The van der Waals surface area contributed by atoms with E-state index in [1.807, 2.05) is 25.1 Å². The topological polar surface area (TPSA) is 29.3 Å². The minimum atomic E-state index is -4.12. The summed E-state index contributed by atoms with van der Waals surface area (Å²) in [6, 6.07) is 5.59. The van der Waals surface area contributed by atoms with Crippen molar-refractivity contribution in [3.63, 3.8) is 0 Å². The van der Waals surface area contributed by atoms with E-state index >= 15 is 0 Å².